The van der Waals surface area contributed by atoms with E-state index in [1.54, 1.807) is 23.7 Å². The zero-order valence-corrected chi connectivity index (χ0v) is 16.8. The lowest BCUT2D eigenvalue weighted by molar-refractivity contribution is -0.384. The number of H-pyrrole nitrogens is 1. The number of fused-ring (bicyclic) bond motifs is 2. The van der Waals surface area contributed by atoms with Crippen molar-refractivity contribution in [2.24, 2.45) is 0 Å². The number of nitrogens with one attached hydrogen (secondary N) is 1. The molecule has 0 spiro atoms. The monoisotopic (exact) mass is 430 g/mol. The van der Waals surface area contributed by atoms with Crippen molar-refractivity contribution in [2.45, 2.75) is 6.54 Å². The number of nitro groups is 1. The summed E-state index contributed by atoms with van der Waals surface area (Å²) in [7, 11) is 0. The Balaban J connectivity index is 1.57. The molecule has 31 heavy (non-hydrogen) atoms. The van der Waals surface area contributed by atoms with Crippen LogP contribution < -0.4 is 5.56 Å². The highest BCUT2D eigenvalue weighted by Gasteiger charge is 2.18. The minimum atomic E-state index is -0.478. The smallest absolute Gasteiger partial charge is 0.270 e. The van der Waals surface area contributed by atoms with E-state index in [4.69, 9.17) is 0 Å². The molecule has 0 saturated carbocycles. The molecule has 3 heterocycles. The maximum atomic E-state index is 13.2. The van der Waals surface area contributed by atoms with Gasteiger partial charge < -0.3 is 4.98 Å². The van der Waals surface area contributed by atoms with Crippen LogP contribution >= 0.6 is 11.3 Å². The Bertz CT molecular complexity index is 1550. The lowest BCUT2D eigenvalue weighted by Gasteiger charge is -2.06. The topological polar surface area (TPSA) is 111 Å². The highest BCUT2D eigenvalue weighted by Crippen LogP contribution is 2.32. The van der Waals surface area contributed by atoms with Crippen LogP contribution in [-0.2, 0) is 6.54 Å². The molecule has 2 aromatic carbocycles. The number of non-ortho nitro benzene ring substituents is 1. The summed E-state index contributed by atoms with van der Waals surface area (Å²) in [6, 6.07) is 13.6. The van der Waals surface area contributed by atoms with E-state index in [1.165, 1.54) is 34.4 Å². The largest absolute Gasteiger partial charge is 0.360 e. The van der Waals surface area contributed by atoms with Gasteiger partial charge in [0, 0.05) is 45.7 Å². The first-order valence-corrected chi connectivity index (χ1v) is 10.2. The van der Waals surface area contributed by atoms with Gasteiger partial charge in [-0.2, -0.15) is 0 Å². The van der Waals surface area contributed by atoms with Crippen LogP contribution in [0.3, 0.4) is 0 Å². The highest BCUT2D eigenvalue weighted by molar-refractivity contribution is 7.17. The molecule has 0 aliphatic carbocycles. The molecular weight excluding hydrogens is 416 g/mol. The van der Waals surface area contributed by atoms with Crippen LogP contribution in [0.25, 0.3) is 32.2 Å². The van der Waals surface area contributed by atoms with Crippen LogP contribution in [0.15, 0.2) is 71.2 Å². The number of thiophene rings is 1. The van der Waals surface area contributed by atoms with Gasteiger partial charge in [-0.15, -0.1) is 11.3 Å². The summed E-state index contributed by atoms with van der Waals surface area (Å²) >= 11 is 1.28. The number of aromatic nitrogens is 3. The predicted molar refractivity (Wildman–Crippen MR) is 119 cm³/mol. The van der Waals surface area contributed by atoms with E-state index >= 15 is 0 Å². The molecule has 0 fully saturated rings. The van der Waals surface area contributed by atoms with Gasteiger partial charge in [0.25, 0.3) is 11.2 Å². The molecule has 0 aliphatic rings. The minimum absolute atomic E-state index is 0.0596. The van der Waals surface area contributed by atoms with Crippen LogP contribution in [0, 0.1) is 10.1 Å². The molecule has 9 heteroatoms. The number of aromatic amines is 1. The van der Waals surface area contributed by atoms with E-state index in [9.17, 15) is 19.7 Å². The number of nitro benzene ring substituents is 1. The zero-order valence-electron chi connectivity index (χ0n) is 15.9. The first-order chi connectivity index (χ1) is 15.0. The summed E-state index contributed by atoms with van der Waals surface area (Å²) in [6.45, 7) is -0.159. The summed E-state index contributed by atoms with van der Waals surface area (Å²) in [5, 5.41) is 14.0. The second-order valence-corrected chi connectivity index (χ2v) is 7.84. The predicted octanol–water partition coefficient (Wildman–Crippen LogP) is 4.40. The highest BCUT2D eigenvalue weighted by atomic mass is 32.1. The second kappa shape index (κ2) is 7.29. The lowest BCUT2D eigenvalue weighted by atomic mass is 10.1. The minimum Gasteiger partial charge on any atom is -0.360 e. The number of hydrogen-bond donors (Lipinski definition) is 1. The van der Waals surface area contributed by atoms with Crippen LogP contribution in [0.4, 0.5) is 5.69 Å². The van der Waals surface area contributed by atoms with Crippen LogP contribution in [0.1, 0.15) is 10.4 Å². The number of carbonyl (C=O) groups excluding carboxylic acids is 1. The SMILES string of the molecule is O=C(Cn1cnc2scc(-c3cccc([N+](=O)[O-])c3)c2c1=O)c1c[nH]c2ccccc12. The number of carbonyl (C=O) groups is 1. The van der Waals surface area contributed by atoms with Crippen molar-refractivity contribution in [1.82, 2.24) is 14.5 Å². The maximum absolute atomic E-state index is 13.2. The van der Waals surface area contributed by atoms with E-state index < -0.39 is 4.92 Å². The first kappa shape index (κ1) is 18.9. The summed E-state index contributed by atoms with van der Waals surface area (Å²) in [4.78, 5) is 44.7. The number of hydrogen-bond acceptors (Lipinski definition) is 6. The molecule has 0 aliphatic heterocycles. The molecular formula is C22H14N4O4S. The van der Waals surface area contributed by atoms with Gasteiger partial charge in [-0.05, 0) is 11.6 Å². The van der Waals surface area contributed by atoms with Gasteiger partial charge in [-0.1, -0.05) is 30.3 Å². The van der Waals surface area contributed by atoms with E-state index in [0.717, 1.165) is 10.9 Å². The maximum Gasteiger partial charge on any atom is 0.270 e. The molecule has 0 bridgehead atoms. The lowest BCUT2D eigenvalue weighted by Crippen LogP contribution is -2.24. The third kappa shape index (κ3) is 3.21. The molecule has 5 aromatic rings. The van der Waals surface area contributed by atoms with Crippen molar-refractivity contribution in [3.8, 4) is 11.1 Å². The molecule has 0 saturated heterocycles. The second-order valence-electron chi connectivity index (χ2n) is 6.99. The number of rotatable bonds is 5. The van der Waals surface area contributed by atoms with Crippen molar-refractivity contribution in [3.63, 3.8) is 0 Å². The van der Waals surface area contributed by atoms with Gasteiger partial charge in [0.05, 0.1) is 23.2 Å². The number of ketones is 1. The van der Waals surface area contributed by atoms with Crippen LogP contribution in [-0.4, -0.2) is 25.2 Å². The Morgan fingerprint density at radius 2 is 2.03 bits per heavy atom. The van der Waals surface area contributed by atoms with Gasteiger partial charge in [-0.25, -0.2) is 4.98 Å². The standard InChI is InChI=1S/C22H14N4O4S/c27-19(16-9-23-18-7-2-1-6-15(16)18)10-25-12-24-21-20(22(25)28)17(11-31-21)13-4-3-5-14(8-13)26(29)30/h1-9,11-12,23H,10H2. The molecule has 0 radical (unpaired) electrons. The Morgan fingerprint density at radius 3 is 2.87 bits per heavy atom. The average Bonchev–Trinajstić information content (AvgIpc) is 3.40. The molecule has 0 atom stereocenters. The normalized spacial score (nSPS) is 11.2. The van der Waals surface area contributed by atoms with Crippen molar-refractivity contribution >= 4 is 43.9 Å². The fourth-order valence-electron chi connectivity index (χ4n) is 3.62. The van der Waals surface area contributed by atoms with E-state index in [1.807, 2.05) is 24.3 Å². The first-order valence-electron chi connectivity index (χ1n) is 9.33. The Kier molecular flexibility index (Phi) is 4.45. The fourth-order valence-corrected chi connectivity index (χ4v) is 4.53. The zero-order chi connectivity index (χ0) is 21.5. The molecule has 152 valence electrons. The van der Waals surface area contributed by atoms with Crippen molar-refractivity contribution in [3.05, 3.63) is 92.5 Å². The summed E-state index contributed by atoms with van der Waals surface area (Å²) < 4.78 is 1.28. The van der Waals surface area contributed by atoms with Gasteiger partial charge >= 0.3 is 0 Å². The number of para-hydroxylation sites is 1. The third-order valence-corrected chi connectivity index (χ3v) is 6.02. The van der Waals surface area contributed by atoms with Crippen molar-refractivity contribution in [2.75, 3.05) is 0 Å². The van der Waals surface area contributed by atoms with E-state index in [-0.39, 0.29) is 23.6 Å². The van der Waals surface area contributed by atoms with Gasteiger partial charge in [0.1, 0.15) is 4.83 Å². The Morgan fingerprint density at radius 1 is 1.19 bits per heavy atom. The quantitative estimate of drug-likeness (QED) is 0.252. The number of Topliss-reactive ketones (excluding diaryl/α,β-unsaturated/α-hetero) is 1. The molecule has 0 amide bonds. The van der Waals surface area contributed by atoms with Gasteiger partial charge in [0.2, 0.25) is 0 Å². The summed E-state index contributed by atoms with van der Waals surface area (Å²) in [5.74, 6) is -0.215. The van der Waals surface area contributed by atoms with Crippen LogP contribution in [0.5, 0.6) is 0 Å². The average molecular weight is 430 g/mol. The molecule has 3 aromatic heterocycles. The van der Waals surface area contributed by atoms with Crippen molar-refractivity contribution in [1.29, 1.82) is 0 Å². The van der Waals surface area contributed by atoms with E-state index in [2.05, 4.69) is 9.97 Å². The molecule has 1 N–H and O–H groups in total. The van der Waals surface area contributed by atoms with Gasteiger partial charge in [0.15, 0.2) is 5.78 Å². The number of benzene rings is 2. The van der Waals surface area contributed by atoms with Crippen LogP contribution in [0.2, 0.25) is 0 Å². The molecule has 5 rings (SSSR count). The Labute approximate surface area is 178 Å². The summed E-state index contributed by atoms with van der Waals surface area (Å²) in [5.41, 5.74) is 2.05. The van der Waals surface area contributed by atoms with Crippen molar-refractivity contribution < 1.29 is 9.72 Å². The summed E-state index contributed by atoms with van der Waals surface area (Å²) in [6.07, 6.45) is 3.01. The third-order valence-electron chi connectivity index (χ3n) is 5.13. The van der Waals surface area contributed by atoms with E-state index in [0.29, 0.717) is 26.9 Å². The Hall–Kier alpha value is -4.11. The van der Waals surface area contributed by atoms with Gasteiger partial charge in [-0.3, -0.25) is 24.3 Å². The molecule has 0 unspecified atom stereocenters. The number of nitrogens with zero attached hydrogens (tertiary/aromatic N) is 3. The fraction of sp³-hybridized carbons (Fsp3) is 0.0455. The molecule has 8 nitrogen and oxygen atoms in total.